The Balaban J connectivity index is 1.84. The number of aryl methyl sites for hydroxylation is 3. The Labute approximate surface area is 151 Å². The first-order valence-electron chi connectivity index (χ1n) is 8.40. The zero-order valence-corrected chi connectivity index (χ0v) is 15.7. The average molecular weight is 375 g/mol. The summed E-state index contributed by atoms with van der Waals surface area (Å²) in [5.41, 5.74) is 4.63. The molecule has 1 saturated heterocycles. The van der Waals surface area contributed by atoms with Crippen molar-refractivity contribution in [3.63, 3.8) is 0 Å². The van der Waals surface area contributed by atoms with E-state index in [9.17, 15) is 13.2 Å². The van der Waals surface area contributed by atoms with Crippen LogP contribution in [0.5, 0.6) is 0 Å². The number of hydrogen-bond acceptors (Lipinski definition) is 4. The van der Waals surface area contributed by atoms with Crippen molar-refractivity contribution in [2.75, 3.05) is 13.1 Å². The molecule has 1 aromatic carbocycles. The van der Waals surface area contributed by atoms with E-state index >= 15 is 0 Å². The van der Waals surface area contributed by atoms with Gasteiger partial charge < -0.3 is 0 Å². The van der Waals surface area contributed by atoms with Gasteiger partial charge in [-0.2, -0.15) is 12.7 Å². The number of rotatable bonds is 3. The van der Waals surface area contributed by atoms with Crippen LogP contribution in [0.4, 0.5) is 0 Å². The first-order valence-corrected chi connectivity index (χ1v) is 9.90. The predicted molar refractivity (Wildman–Crippen MR) is 100 cm³/mol. The van der Waals surface area contributed by atoms with Crippen molar-refractivity contribution in [2.45, 2.75) is 20.4 Å². The minimum atomic E-state index is -3.65. The molecule has 9 heteroatoms. The molecule has 4 rings (SSSR count). The van der Waals surface area contributed by atoms with Gasteiger partial charge in [0, 0.05) is 38.0 Å². The molecule has 3 heterocycles. The van der Waals surface area contributed by atoms with Gasteiger partial charge in [-0.1, -0.05) is 0 Å². The van der Waals surface area contributed by atoms with E-state index in [1.54, 1.807) is 22.4 Å². The molecular weight excluding hydrogens is 354 g/mol. The molecule has 26 heavy (non-hydrogen) atoms. The second-order valence-corrected chi connectivity index (χ2v) is 8.67. The Morgan fingerprint density at radius 2 is 1.88 bits per heavy atom. The van der Waals surface area contributed by atoms with E-state index in [4.69, 9.17) is 5.14 Å². The minimum Gasteiger partial charge on any atom is -0.293 e. The lowest BCUT2D eigenvalue weighted by atomic mass is 10.0. The number of nitrogens with two attached hydrogens (primary N) is 1. The monoisotopic (exact) mass is 375 g/mol. The molecule has 0 amide bonds. The van der Waals surface area contributed by atoms with E-state index in [2.05, 4.69) is 11.1 Å². The average Bonchev–Trinajstić information content (AvgIpc) is 2.75. The van der Waals surface area contributed by atoms with Gasteiger partial charge in [0.1, 0.15) is 0 Å². The van der Waals surface area contributed by atoms with Crippen LogP contribution < -0.4 is 10.8 Å². The van der Waals surface area contributed by atoms with Crippen LogP contribution in [0.1, 0.15) is 11.1 Å². The van der Waals surface area contributed by atoms with Crippen molar-refractivity contribution in [1.82, 2.24) is 18.4 Å². The summed E-state index contributed by atoms with van der Waals surface area (Å²) in [5.74, 6) is 0.0615. The Kier molecular flexibility index (Phi) is 3.73. The maximum absolute atomic E-state index is 12.8. The number of hydrogen-bond donors (Lipinski definition) is 1. The summed E-state index contributed by atoms with van der Waals surface area (Å²) in [6, 6.07) is 4.09. The molecule has 0 spiro atoms. The third-order valence-corrected chi connectivity index (χ3v) is 6.33. The Bertz CT molecular complexity index is 1200. The first-order chi connectivity index (χ1) is 12.2. The van der Waals surface area contributed by atoms with Crippen molar-refractivity contribution < 1.29 is 8.42 Å². The molecule has 0 radical (unpaired) electrons. The van der Waals surface area contributed by atoms with Crippen molar-refractivity contribution in [3.8, 4) is 0 Å². The molecule has 2 aromatic heterocycles. The SMILES string of the molecule is Cc1cc2ncc3c(c2cc1C)n(CC1CN(S(N)(=O)=O)C1)c(=O)n3C. The van der Waals surface area contributed by atoms with Gasteiger partial charge in [0.05, 0.1) is 22.7 Å². The largest absolute Gasteiger partial charge is 0.328 e. The van der Waals surface area contributed by atoms with Crippen LogP contribution in [0, 0.1) is 19.8 Å². The number of nitrogens with zero attached hydrogens (tertiary/aromatic N) is 4. The van der Waals surface area contributed by atoms with Gasteiger partial charge in [0.25, 0.3) is 10.2 Å². The lowest BCUT2D eigenvalue weighted by Crippen LogP contribution is -2.54. The van der Waals surface area contributed by atoms with Crippen molar-refractivity contribution in [3.05, 3.63) is 39.9 Å². The normalized spacial score (nSPS) is 16.5. The second kappa shape index (κ2) is 5.63. The maximum atomic E-state index is 12.8. The zero-order valence-electron chi connectivity index (χ0n) is 14.9. The highest BCUT2D eigenvalue weighted by Gasteiger charge is 2.34. The van der Waals surface area contributed by atoms with Crippen molar-refractivity contribution in [1.29, 1.82) is 0 Å². The Morgan fingerprint density at radius 1 is 1.23 bits per heavy atom. The van der Waals surface area contributed by atoms with Crippen LogP contribution in [0.3, 0.4) is 0 Å². The highest BCUT2D eigenvalue weighted by atomic mass is 32.2. The first kappa shape index (κ1) is 17.2. The molecule has 138 valence electrons. The van der Waals surface area contributed by atoms with Gasteiger partial charge in [0.2, 0.25) is 0 Å². The van der Waals surface area contributed by atoms with Crippen LogP contribution in [0.15, 0.2) is 23.1 Å². The lowest BCUT2D eigenvalue weighted by Gasteiger charge is -2.36. The number of fused-ring (bicyclic) bond motifs is 3. The molecule has 0 bridgehead atoms. The van der Waals surface area contributed by atoms with Gasteiger partial charge in [-0.15, -0.1) is 0 Å². The fourth-order valence-corrected chi connectivity index (χ4v) is 4.45. The van der Waals surface area contributed by atoms with Crippen LogP contribution in [-0.2, 0) is 23.8 Å². The van der Waals surface area contributed by atoms with E-state index in [0.717, 1.165) is 33.1 Å². The quantitative estimate of drug-likeness (QED) is 0.725. The smallest absolute Gasteiger partial charge is 0.293 e. The van der Waals surface area contributed by atoms with E-state index in [1.807, 2.05) is 19.9 Å². The summed E-state index contributed by atoms with van der Waals surface area (Å²) in [6.07, 6.45) is 1.72. The maximum Gasteiger partial charge on any atom is 0.328 e. The Hall–Kier alpha value is -2.23. The summed E-state index contributed by atoms with van der Waals surface area (Å²) >= 11 is 0. The molecular formula is C17H21N5O3S. The fraction of sp³-hybridized carbons (Fsp3) is 0.412. The van der Waals surface area contributed by atoms with Gasteiger partial charge >= 0.3 is 5.69 Å². The third kappa shape index (κ3) is 2.54. The van der Waals surface area contributed by atoms with Crippen molar-refractivity contribution >= 4 is 32.1 Å². The molecule has 0 aliphatic carbocycles. The topological polar surface area (TPSA) is 103 Å². The predicted octanol–water partition coefficient (Wildman–Crippen LogP) is 0.640. The molecule has 0 atom stereocenters. The molecule has 1 aliphatic heterocycles. The van der Waals surface area contributed by atoms with Crippen molar-refractivity contribution in [2.24, 2.45) is 18.1 Å². The van der Waals surface area contributed by atoms with E-state index in [0.29, 0.717) is 19.6 Å². The number of aromatic nitrogens is 3. The van der Waals surface area contributed by atoms with Gasteiger partial charge in [-0.3, -0.25) is 14.1 Å². The third-order valence-electron chi connectivity index (χ3n) is 5.31. The highest BCUT2D eigenvalue weighted by molar-refractivity contribution is 7.86. The summed E-state index contributed by atoms with van der Waals surface area (Å²) in [6.45, 7) is 5.20. The standard InChI is InChI=1S/C17H21N5O3S/c1-10-4-13-14(5-11(10)2)19-6-15-16(13)22(17(23)20(15)3)9-12-7-21(8-12)26(18,24)25/h4-6,12H,7-9H2,1-3H3,(H2,18,24,25). The molecule has 3 aromatic rings. The molecule has 1 aliphatic rings. The second-order valence-electron chi connectivity index (χ2n) is 7.13. The summed E-state index contributed by atoms with van der Waals surface area (Å²) in [7, 11) is -1.92. The van der Waals surface area contributed by atoms with Crippen LogP contribution >= 0.6 is 0 Å². The van der Waals surface area contributed by atoms with Crippen LogP contribution in [-0.4, -0.2) is 39.9 Å². The van der Waals surface area contributed by atoms with Gasteiger partial charge in [-0.05, 0) is 37.1 Å². The summed E-state index contributed by atoms with van der Waals surface area (Å²) in [5, 5.41) is 6.08. The highest BCUT2D eigenvalue weighted by Crippen LogP contribution is 2.27. The summed E-state index contributed by atoms with van der Waals surface area (Å²) in [4.78, 5) is 17.3. The number of pyridine rings is 1. The minimum absolute atomic E-state index is 0.0615. The van der Waals surface area contributed by atoms with Crippen LogP contribution in [0.25, 0.3) is 21.9 Å². The number of benzene rings is 1. The lowest BCUT2D eigenvalue weighted by molar-refractivity contribution is 0.180. The molecule has 1 fully saturated rings. The fourth-order valence-electron chi connectivity index (χ4n) is 3.61. The molecule has 0 saturated carbocycles. The van der Waals surface area contributed by atoms with E-state index in [1.165, 1.54) is 4.31 Å². The van der Waals surface area contributed by atoms with Gasteiger partial charge in [-0.25, -0.2) is 9.93 Å². The zero-order chi connectivity index (χ0) is 18.8. The molecule has 2 N–H and O–H groups in total. The molecule has 0 unspecified atom stereocenters. The number of imidazole rings is 1. The van der Waals surface area contributed by atoms with Gasteiger partial charge in [0.15, 0.2) is 0 Å². The van der Waals surface area contributed by atoms with E-state index in [-0.39, 0.29) is 11.6 Å². The van der Waals surface area contributed by atoms with E-state index < -0.39 is 10.2 Å². The Morgan fingerprint density at radius 3 is 2.54 bits per heavy atom. The van der Waals surface area contributed by atoms with Crippen LogP contribution in [0.2, 0.25) is 0 Å². The molecule has 8 nitrogen and oxygen atoms in total. The summed E-state index contributed by atoms with van der Waals surface area (Å²) < 4.78 is 27.3.